The molecular weight excluding hydrogens is 224 g/mol. The Morgan fingerprint density at radius 1 is 1.35 bits per heavy atom. The predicted octanol–water partition coefficient (Wildman–Crippen LogP) is 0.551. The number of aliphatic hydroxyl groups is 2. The van der Waals surface area contributed by atoms with Gasteiger partial charge in [0, 0.05) is 12.1 Å². The monoisotopic (exact) mass is 240 g/mol. The Balaban J connectivity index is 2.88. The summed E-state index contributed by atoms with van der Waals surface area (Å²) in [5.41, 5.74) is 0.523. The van der Waals surface area contributed by atoms with Gasteiger partial charge in [0.15, 0.2) is 0 Å². The molecule has 0 saturated heterocycles. The van der Waals surface area contributed by atoms with Crippen molar-refractivity contribution in [1.29, 1.82) is 0 Å². The molecule has 0 fully saturated rings. The van der Waals surface area contributed by atoms with Crippen LogP contribution in [0.2, 0.25) is 0 Å². The second kappa shape index (κ2) is 5.72. The molecule has 0 unspecified atom stereocenters. The summed E-state index contributed by atoms with van der Waals surface area (Å²) in [6.45, 7) is -0.189. The van der Waals surface area contributed by atoms with Crippen LogP contribution in [0.25, 0.3) is 0 Å². The molecule has 0 saturated carbocycles. The van der Waals surface area contributed by atoms with Crippen molar-refractivity contribution >= 4 is 5.69 Å². The van der Waals surface area contributed by atoms with Crippen LogP contribution in [-0.4, -0.2) is 46.8 Å². The molecule has 0 bridgehead atoms. The maximum Gasteiger partial charge on any atom is 0.269 e. The lowest BCUT2D eigenvalue weighted by atomic mass is 10.0. The fourth-order valence-electron chi connectivity index (χ4n) is 1.56. The number of benzene rings is 1. The Bertz CT molecular complexity index is 378. The smallest absolute Gasteiger partial charge is 0.269 e. The Kier molecular flexibility index (Phi) is 4.56. The van der Waals surface area contributed by atoms with Gasteiger partial charge in [0.05, 0.1) is 23.7 Å². The molecule has 0 amide bonds. The first-order valence-corrected chi connectivity index (χ1v) is 5.17. The van der Waals surface area contributed by atoms with Crippen LogP contribution in [0, 0.1) is 10.1 Å². The SMILES string of the molecule is CN(C)[C@@H](CO)[C@@H](O)c1ccc([N+](=O)[O-])cc1. The summed E-state index contributed by atoms with van der Waals surface area (Å²) in [6, 6.07) is 5.23. The highest BCUT2D eigenvalue weighted by molar-refractivity contribution is 5.34. The van der Waals surface area contributed by atoms with E-state index in [4.69, 9.17) is 5.11 Å². The molecule has 2 atom stereocenters. The minimum atomic E-state index is -0.879. The topological polar surface area (TPSA) is 86.8 Å². The van der Waals surface area contributed by atoms with Crippen molar-refractivity contribution in [3.63, 3.8) is 0 Å². The lowest BCUT2D eigenvalue weighted by molar-refractivity contribution is -0.384. The van der Waals surface area contributed by atoms with Gasteiger partial charge in [-0.25, -0.2) is 0 Å². The van der Waals surface area contributed by atoms with Crippen LogP contribution in [0.5, 0.6) is 0 Å². The molecule has 6 heteroatoms. The quantitative estimate of drug-likeness (QED) is 0.579. The summed E-state index contributed by atoms with van der Waals surface area (Å²) in [4.78, 5) is 11.7. The van der Waals surface area contributed by atoms with Gasteiger partial charge in [-0.05, 0) is 31.8 Å². The number of rotatable bonds is 5. The fourth-order valence-corrected chi connectivity index (χ4v) is 1.56. The molecular formula is C11H16N2O4. The zero-order valence-corrected chi connectivity index (χ0v) is 9.78. The van der Waals surface area contributed by atoms with E-state index >= 15 is 0 Å². The minimum absolute atomic E-state index is 0.0219. The maximum absolute atomic E-state index is 10.5. The maximum atomic E-state index is 10.5. The van der Waals surface area contributed by atoms with Gasteiger partial charge in [-0.15, -0.1) is 0 Å². The second-order valence-corrected chi connectivity index (χ2v) is 4.01. The lowest BCUT2D eigenvalue weighted by Gasteiger charge is -2.27. The van der Waals surface area contributed by atoms with E-state index in [1.54, 1.807) is 19.0 Å². The molecule has 1 aromatic rings. The van der Waals surface area contributed by atoms with Crippen LogP contribution in [0.4, 0.5) is 5.69 Å². The van der Waals surface area contributed by atoms with Gasteiger partial charge < -0.3 is 15.1 Å². The largest absolute Gasteiger partial charge is 0.395 e. The number of nitro benzene ring substituents is 1. The van der Waals surface area contributed by atoms with Crippen molar-refractivity contribution in [3.8, 4) is 0 Å². The number of hydrogen-bond acceptors (Lipinski definition) is 5. The van der Waals surface area contributed by atoms with E-state index in [-0.39, 0.29) is 12.3 Å². The zero-order valence-electron chi connectivity index (χ0n) is 9.78. The molecule has 0 heterocycles. The number of hydrogen-bond donors (Lipinski definition) is 2. The summed E-state index contributed by atoms with van der Waals surface area (Å²) in [5, 5.41) is 29.6. The van der Waals surface area contributed by atoms with Crippen LogP contribution in [0.3, 0.4) is 0 Å². The predicted molar refractivity (Wildman–Crippen MR) is 62.6 cm³/mol. The molecule has 0 spiro atoms. The summed E-state index contributed by atoms with van der Waals surface area (Å²) >= 11 is 0. The van der Waals surface area contributed by atoms with Gasteiger partial charge >= 0.3 is 0 Å². The molecule has 0 radical (unpaired) electrons. The van der Waals surface area contributed by atoms with E-state index in [9.17, 15) is 15.2 Å². The van der Waals surface area contributed by atoms with Gasteiger partial charge in [0.25, 0.3) is 5.69 Å². The normalized spacial score (nSPS) is 14.6. The average molecular weight is 240 g/mol. The summed E-state index contributed by atoms with van der Waals surface area (Å²) in [5.74, 6) is 0. The van der Waals surface area contributed by atoms with Crippen molar-refractivity contribution in [2.24, 2.45) is 0 Å². The Labute approximate surface area is 99.3 Å². The van der Waals surface area contributed by atoms with Crippen LogP contribution in [0.1, 0.15) is 11.7 Å². The van der Waals surface area contributed by atoms with E-state index in [0.717, 1.165) is 0 Å². The number of aliphatic hydroxyl groups excluding tert-OH is 2. The molecule has 0 aliphatic heterocycles. The van der Waals surface area contributed by atoms with Gasteiger partial charge in [-0.2, -0.15) is 0 Å². The van der Waals surface area contributed by atoms with Gasteiger partial charge in [0.1, 0.15) is 0 Å². The van der Waals surface area contributed by atoms with E-state index in [1.807, 2.05) is 0 Å². The number of non-ortho nitro benzene ring substituents is 1. The summed E-state index contributed by atoms with van der Waals surface area (Å²) < 4.78 is 0. The molecule has 17 heavy (non-hydrogen) atoms. The van der Waals surface area contributed by atoms with Gasteiger partial charge in [-0.1, -0.05) is 0 Å². The molecule has 0 aliphatic carbocycles. The van der Waals surface area contributed by atoms with Crippen molar-refractivity contribution < 1.29 is 15.1 Å². The van der Waals surface area contributed by atoms with Gasteiger partial charge in [-0.3, -0.25) is 10.1 Å². The summed E-state index contributed by atoms with van der Waals surface area (Å²) in [6.07, 6.45) is -0.879. The number of likely N-dealkylation sites (N-methyl/N-ethyl adjacent to an activating group) is 1. The zero-order chi connectivity index (χ0) is 13.0. The number of nitro groups is 1. The van der Waals surface area contributed by atoms with E-state index < -0.39 is 17.1 Å². The molecule has 2 N–H and O–H groups in total. The molecule has 1 rings (SSSR count). The van der Waals surface area contributed by atoms with Crippen molar-refractivity contribution in [2.45, 2.75) is 12.1 Å². The number of nitrogens with zero attached hydrogens (tertiary/aromatic N) is 2. The fraction of sp³-hybridized carbons (Fsp3) is 0.455. The van der Waals surface area contributed by atoms with E-state index in [1.165, 1.54) is 24.3 Å². The van der Waals surface area contributed by atoms with Crippen molar-refractivity contribution in [2.75, 3.05) is 20.7 Å². The average Bonchev–Trinajstić information content (AvgIpc) is 2.29. The Morgan fingerprint density at radius 3 is 2.24 bits per heavy atom. The standard InChI is InChI=1S/C11H16N2O4/c1-12(2)10(7-14)11(15)8-3-5-9(6-4-8)13(16)17/h3-6,10-11,14-15H,7H2,1-2H3/t10-,11-/m0/s1. The minimum Gasteiger partial charge on any atom is -0.395 e. The lowest BCUT2D eigenvalue weighted by Crippen LogP contribution is -2.37. The summed E-state index contributed by atoms with van der Waals surface area (Å²) in [7, 11) is 3.49. The molecule has 1 aromatic carbocycles. The third-order valence-corrected chi connectivity index (χ3v) is 2.66. The van der Waals surface area contributed by atoms with Gasteiger partial charge in [0.2, 0.25) is 0 Å². The third-order valence-electron chi connectivity index (χ3n) is 2.66. The first-order valence-electron chi connectivity index (χ1n) is 5.17. The highest BCUT2D eigenvalue weighted by Crippen LogP contribution is 2.22. The highest BCUT2D eigenvalue weighted by Gasteiger charge is 2.22. The van der Waals surface area contributed by atoms with Crippen LogP contribution < -0.4 is 0 Å². The van der Waals surface area contributed by atoms with Crippen LogP contribution >= 0.6 is 0 Å². The highest BCUT2D eigenvalue weighted by atomic mass is 16.6. The van der Waals surface area contributed by atoms with Crippen molar-refractivity contribution in [1.82, 2.24) is 4.90 Å². The Morgan fingerprint density at radius 2 is 1.88 bits per heavy atom. The molecule has 94 valence electrons. The molecule has 0 aliphatic rings. The first kappa shape index (κ1) is 13.6. The van der Waals surface area contributed by atoms with E-state index in [0.29, 0.717) is 5.56 Å². The Hall–Kier alpha value is -1.50. The van der Waals surface area contributed by atoms with Crippen molar-refractivity contribution in [3.05, 3.63) is 39.9 Å². The molecule has 6 nitrogen and oxygen atoms in total. The van der Waals surface area contributed by atoms with Crippen LogP contribution in [0.15, 0.2) is 24.3 Å². The van der Waals surface area contributed by atoms with E-state index in [2.05, 4.69) is 0 Å². The molecule has 0 aromatic heterocycles. The third kappa shape index (κ3) is 3.23. The second-order valence-electron chi connectivity index (χ2n) is 4.01. The first-order chi connectivity index (χ1) is 7.97. The van der Waals surface area contributed by atoms with Crippen LogP contribution in [-0.2, 0) is 0 Å².